The quantitative estimate of drug-likeness (QED) is 0.663. The van der Waals surface area contributed by atoms with Gasteiger partial charge in [0.2, 0.25) is 5.91 Å². The standard InChI is InChI=1S/C15H18F2N2OS/c16-10-6-5-7-11(17)12(10)19-14(20)15(13(18)21)8-3-1-2-4-9-15/h5-7H,1-4,8-9H2,(H2,18,21)(H,19,20). The van der Waals surface area contributed by atoms with Gasteiger partial charge in [-0.2, -0.15) is 0 Å². The Bertz CT molecular complexity index is 534. The molecule has 0 atom stereocenters. The number of thiocarbonyl (C=S) groups is 1. The van der Waals surface area contributed by atoms with E-state index in [0.29, 0.717) is 12.8 Å². The van der Waals surface area contributed by atoms with Crippen LogP contribution in [0.15, 0.2) is 18.2 Å². The van der Waals surface area contributed by atoms with Crippen molar-refractivity contribution in [3.05, 3.63) is 29.8 Å². The Labute approximate surface area is 127 Å². The van der Waals surface area contributed by atoms with Gasteiger partial charge in [-0.15, -0.1) is 0 Å². The summed E-state index contributed by atoms with van der Waals surface area (Å²) in [5.74, 6) is -2.13. The van der Waals surface area contributed by atoms with Crippen LogP contribution in [0, 0.1) is 17.0 Å². The molecule has 2 rings (SSSR count). The highest BCUT2D eigenvalue weighted by Crippen LogP contribution is 2.37. The van der Waals surface area contributed by atoms with E-state index in [2.05, 4.69) is 5.32 Å². The van der Waals surface area contributed by atoms with Crippen LogP contribution in [0.4, 0.5) is 14.5 Å². The van der Waals surface area contributed by atoms with E-state index in [1.54, 1.807) is 0 Å². The normalized spacial score (nSPS) is 17.8. The average molecular weight is 312 g/mol. The van der Waals surface area contributed by atoms with Crippen LogP contribution in [-0.2, 0) is 4.79 Å². The lowest BCUT2D eigenvalue weighted by molar-refractivity contribution is -0.122. The summed E-state index contributed by atoms with van der Waals surface area (Å²) < 4.78 is 27.3. The summed E-state index contributed by atoms with van der Waals surface area (Å²) in [6.45, 7) is 0. The van der Waals surface area contributed by atoms with Crippen LogP contribution in [0.3, 0.4) is 0 Å². The lowest BCUT2D eigenvalue weighted by Gasteiger charge is -2.30. The van der Waals surface area contributed by atoms with E-state index in [-0.39, 0.29) is 4.99 Å². The molecule has 1 fully saturated rings. The summed E-state index contributed by atoms with van der Waals surface area (Å²) in [5, 5.41) is 2.34. The van der Waals surface area contributed by atoms with E-state index in [1.165, 1.54) is 6.07 Å². The fourth-order valence-electron chi connectivity index (χ4n) is 2.77. The molecule has 0 radical (unpaired) electrons. The molecule has 1 aromatic rings. The Morgan fingerprint density at radius 1 is 1.14 bits per heavy atom. The van der Waals surface area contributed by atoms with E-state index >= 15 is 0 Å². The molecule has 3 nitrogen and oxygen atoms in total. The van der Waals surface area contributed by atoms with Crippen molar-refractivity contribution in [2.24, 2.45) is 11.1 Å². The van der Waals surface area contributed by atoms with E-state index in [9.17, 15) is 13.6 Å². The second kappa shape index (κ2) is 6.47. The van der Waals surface area contributed by atoms with Crippen molar-refractivity contribution >= 4 is 28.8 Å². The van der Waals surface area contributed by atoms with Crippen LogP contribution in [0.5, 0.6) is 0 Å². The van der Waals surface area contributed by atoms with Crippen LogP contribution in [0.25, 0.3) is 0 Å². The van der Waals surface area contributed by atoms with E-state index < -0.39 is 28.6 Å². The highest BCUT2D eigenvalue weighted by molar-refractivity contribution is 7.80. The van der Waals surface area contributed by atoms with Crippen LogP contribution < -0.4 is 11.1 Å². The van der Waals surface area contributed by atoms with Crippen molar-refractivity contribution in [3.8, 4) is 0 Å². The lowest BCUT2D eigenvalue weighted by Crippen LogP contribution is -2.46. The number of nitrogens with two attached hydrogens (primary N) is 1. The van der Waals surface area contributed by atoms with Crippen LogP contribution in [0.1, 0.15) is 38.5 Å². The topological polar surface area (TPSA) is 55.1 Å². The van der Waals surface area contributed by atoms with Crippen LogP contribution in [-0.4, -0.2) is 10.9 Å². The first-order valence-electron chi connectivity index (χ1n) is 7.03. The number of hydrogen-bond acceptors (Lipinski definition) is 2. The molecule has 21 heavy (non-hydrogen) atoms. The molecule has 1 saturated carbocycles. The zero-order chi connectivity index (χ0) is 15.5. The molecule has 1 aliphatic rings. The molecule has 0 aliphatic heterocycles. The molecule has 3 N–H and O–H groups in total. The number of rotatable bonds is 3. The molecule has 0 spiro atoms. The number of nitrogens with one attached hydrogen (secondary N) is 1. The Hall–Kier alpha value is -1.56. The van der Waals surface area contributed by atoms with Crippen molar-refractivity contribution in [1.82, 2.24) is 0 Å². The predicted molar refractivity (Wildman–Crippen MR) is 81.9 cm³/mol. The zero-order valence-corrected chi connectivity index (χ0v) is 12.4. The summed E-state index contributed by atoms with van der Waals surface area (Å²) >= 11 is 5.08. The van der Waals surface area contributed by atoms with Gasteiger partial charge in [0.15, 0.2) is 0 Å². The van der Waals surface area contributed by atoms with Gasteiger partial charge in [-0.05, 0) is 25.0 Å². The van der Waals surface area contributed by atoms with Gasteiger partial charge in [0.1, 0.15) is 17.3 Å². The van der Waals surface area contributed by atoms with Crippen molar-refractivity contribution in [3.63, 3.8) is 0 Å². The first-order chi connectivity index (χ1) is 9.97. The number of hydrogen-bond donors (Lipinski definition) is 2. The zero-order valence-electron chi connectivity index (χ0n) is 11.6. The first kappa shape index (κ1) is 15.8. The Morgan fingerprint density at radius 2 is 1.67 bits per heavy atom. The van der Waals surface area contributed by atoms with E-state index in [0.717, 1.165) is 37.8 Å². The third-order valence-electron chi connectivity index (χ3n) is 4.06. The van der Waals surface area contributed by atoms with Crippen molar-refractivity contribution in [2.75, 3.05) is 5.32 Å². The molecular weight excluding hydrogens is 294 g/mol. The van der Waals surface area contributed by atoms with Gasteiger partial charge >= 0.3 is 0 Å². The van der Waals surface area contributed by atoms with Gasteiger partial charge in [-0.3, -0.25) is 4.79 Å². The predicted octanol–water partition coefficient (Wildman–Crippen LogP) is 3.53. The minimum atomic E-state index is -1.01. The molecule has 0 aromatic heterocycles. The van der Waals surface area contributed by atoms with E-state index in [1.807, 2.05) is 0 Å². The van der Waals surface area contributed by atoms with Gasteiger partial charge in [0.05, 0.1) is 10.4 Å². The summed E-state index contributed by atoms with van der Waals surface area (Å²) in [6.07, 6.45) is 4.70. The minimum Gasteiger partial charge on any atom is -0.392 e. The number of amides is 1. The maximum Gasteiger partial charge on any atom is 0.237 e. The van der Waals surface area contributed by atoms with Crippen molar-refractivity contribution < 1.29 is 13.6 Å². The van der Waals surface area contributed by atoms with E-state index in [4.69, 9.17) is 18.0 Å². The Kier molecular flexibility index (Phi) is 4.88. The molecule has 1 aliphatic carbocycles. The number of carbonyl (C=O) groups excluding carboxylic acids is 1. The lowest BCUT2D eigenvalue weighted by atomic mass is 9.79. The largest absolute Gasteiger partial charge is 0.392 e. The summed E-state index contributed by atoms with van der Waals surface area (Å²) in [7, 11) is 0. The third kappa shape index (κ3) is 3.20. The number of anilines is 1. The second-order valence-electron chi connectivity index (χ2n) is 5.41. The van der Waals surface area contributed by atoms with Crippen LogP contribution in [0.2, 0.25) is 0 Å². The van der Waals surface area contributed by atoms with Crippen LogP contribution >= 0.6 is 12.2 Å². The molecule has 0 heterocycles. The van der Waals surface area contributed by atoms with Gasteiger partial charge in [0, 0.05) is 0 Å². The number of carbonyl (C=O) groups is 1. The first-order valence-corrected chi connectivity index (χ1v) is 7.43. The van der Waals surface area contributed by atoms with Crippen molar-refractivity contribution in [1.29, 1.82) is 0 Å². The Balaban J connectivity index is 2.29. The van der Waals surface area contributed by atoms with Crippen molar-refractivity contribution in [2.45, 2.75) is 38.5 Å². The smallest absolute Gasteiger partial charge is 0.237 e. The third-order valence-corrected chi connectivity index (χ3v) is 4.46. The fourth-order valence-corrected chi connectivity index (χ4v) is 3.06. The van der Waals surface area contributed by atoms with Gasteiger partial charge < -0.3 is 11.1 Å². The van der Waals surface area contributed by atoms with Gasteiger partial charge in [-0.25, -0.2) is 8.78 Å². The van der Waals surface area contributed by atoms with Gasteiger partial charge in [-0.1, -0.05) is 44.0 Å². The monoisotopic (exact) mass is 312 g/mol. The molecule has 1 aromatic carbocycles. The summed E-state index contributed by atoms with van der Waals surface area (Å²) in [4.78, 5) is 12.7. The summed E-state index contributed by atoms with van der Waals surface area (Å²) in [5.41, 5.74) is 4.33. The molecule has 0 saturated heterocycles. The number of para-hydroxylation sites is 1. The minimum absolute atomic E-state index is 0.0960. The molecular formula is C15H18F2N2OS. The fraction of sp³-hybridized carbons (Fsp3) is 0.467. The van der Waals surface area contributed by atoms with Gasteiger partial charge in [0.25, 0.3) is 0 Å². The highest BCUT2D eigenvalue weighted by Gasteiger charge is 2.42. The number of halogens is 2. The number of benzene rings is 1. The summed E-state index contributed by atoms with van der Waals surface area (Å²) in [6, 6.07) is 3.44. The highest BCUT2D eigenvalue weighted by atomic mass is 32.1. The maximum absolute atomic E-state index is 13.7. The SMILES string of the molecule is NC(=S)C1(C(=O)Nc2c(F)cccc2F)CCCCCC1. The molecule has 1 amide bonds. The molecule has 0 bridgehead atoms. The second-order valence-corrected chi connectivity index (χ2v) is 5.85. The average Bonchev–Trinajstić information content (AvgIpc) is 2.69. The molecule has 114 valence electrons. The molecule has 0 unspecified atom stereocenters. The molecule has 6 heteroatoms. The maximum atomic E-state index is 13.7. The Morgan fingerprint density at radius 3 is 2.14 bits per heavy atom.